The molecular weight excluding hydrogens is 235 g/mol. The van der Waals surface area contributed by atoms with Gasteiger partial charge in [0.05, 0.1) is 0 Å². The van der Waals surface area contributed by atoms with Crippen LogP contribution in [-0.2, 0) is 5.75 Å². The summed E-state index contributed by atoms with van der Waals surface area (Å²) >= 11 is 1.63. The molecule has 0 aliphatic rings. The first-order valence-electron chi connectivity index (χ1n) is 5.32. The van der Waals surface area contributed by atoms with E-state index in [-0.39, 0.29) is 11.6 Å². The number of rotatable bonds is 3. The molecule has 1 N–H and O–H groups in total. The third-order valence-corrected chi connectivity index (χ3v) is 3.60. The summed E-state index contributed by atoms with van der Waals surface area (Å²) in [6, 6.07) is 11.9. The zero-order valence-corrected chi connectivity index (χ0v) is 10.3. The summed E-state index contributed by atoms with van der Waals surface area (Å²) in [6.07, 6.45) is 0. The Labute approximate surface area is 104 Å². The second kappa shape index (κ2) is 5.23. The van der Waals surface area contributed by atoms with Gasteiger partial charge in [0.2, 0.25) is 0 Å². The Kier molecular flexibility index (Phi) is 3.69. The van der Waals surface area contributed by atoms with Crippen LogP contribution < -0.4 is 0 Å². The lowest BCUT2D eigenvalue weighted by Crippen LogP contribution is -1.88. The normalized spacial score (nSPS) is 10.5. The summed E-state index contributed by atoms with van der Waals surface area (Å²) in [5.74, 6) is 0.794. The zero-order chi connectivity index (χ0) is 12.3. The minimum absolute atomic E-state index is 0.197. The van der Waals surface area contributed by atoms with Crippen LogP contribution in [0, 0.1) is 12.7 Å². The monoisotopic (exact) mass is 248 g/mol. The van der Waals surface area contributed by atoms with Crippen molar-refractivity contribution in [2.75, 3.05) is 0 Å². The molecule has 88 valence electrons. The maximum Gasteiger partial charge on any atom is 0.123 e. The average molecular weight is 248 g/mol. The molecule has 0 bridgehead atoms. The van der Waals surface area contributed by atoms with Crippen LogP contribution in [0.1, 0.15) is 11.1 Å². The summed E-state index contributed by atoms with van der Waals surface area (Å²) in [5.41, 5.74) is 2.10. The summed E-state index contributed by atoms with van der Waals surface area (Å²) < 4.78 is 13.1. The molecular formula is C14H13FOS. The highest BCUT2D eigenvalue weighted by molar-refractivity contribution is 7.98. The van der Waals surface area contributed by atoms with Crippen molar-refractivity contribution >= 4 is 11.8 Å². The highest BCUT2D eigenvalue weighted by Gasteiger charge is 2.02. The molecule has 17 heavy (non-hydrogen) atoms. The van der Waals surface area contributed by atoms with E-state index in [1.807, 2.05) is 19.1 Å². The number of aromatic hydroxyl groups is 1. The molecule has 0 heterocycles. The molecule has 0 spiro atoms. The van der Waals surface area contributed by atoms with Crippen molar-refractivity contribution in [2.45, 2.75) is 17.6 Å². The topological polar surface area (TPSA) is 20.2 Å². The van der Waals surface area contributed by atoms with Crippen molar-refractivity contribution in [3.63, 3.8) is 0 Å². The van der Waals surface area contributed by atoms with Crippen LogP contribution in [0.25, 0.3) is 0 Å². The van der Waals surface area contributed by atoms with Crippen molar-refractivity contribution in [3.05, 3.63) is 59.4 Å². The van der Waals surface area contributed by atoms with Crippen LogP contribution in [0.3, 0.4) is 0 Å². The fraction of sp³-hybridized carbons (Fsp3) is 0.143. The van der Waals surface area contributed by atoms with E-state index < -0.39 is 0 Å². The van der Waals surface area contributed by atoms with Crippen molar-refractivity contribution in [1.29, 1.82) is 0 Å². The molecule has 0 fully saturated rings. The highest BCUT2D eigenvalue weighted by atomic mass is 32.2. The van der Waals surface area contributed by atoms with Crippen LogP contribution in [0.4, 0.5) is 4.39 Å². The highest BCUT2D eigenvalue weighted by Crippen LogP contribution is 2.26. The molecule has 0 aromatic heterocycles. The van der Waals surface area contributed by atoms with E-state index in [0.717, 1.165) is 21.8 Å². The van der Waals surface area contributed by atoms with Gasteiger partial charge in [-0.3, -0.25) is 0 Å². The van der Waals surface area contributed by atoms with E-state index in [0.29, 0.717) is 0 Å². The van der Waals surface area contributed by atoms with Crippen molar-refractivity contribution in [2.24, 2.45) is 0 Å². The first-order chi connectivity index (χ1) is 8.15. The molecule has 0 saturated carbocycles. The zero-order valence-electron chi connectivity index (χ0n) is 9.48. The average Bonchev–Trinajstić information content (AvgIpc) is 2.32. The van der Waals surface area contributed by atoms with Crippen LogP contribution in [0.15, 0.2) is 47.4 Å². The van der Waals surface area contributed by atoms with E-state index in [4.69, 9.17) is 5.11 Å². The quantitative estimate of drug-likeness (QED) is 0.824. The van der Waals surface area contributed by atoms with E-state index in [9.17, 15) is 4.39 Å². The van der Waals surface area contributed by atoms with E-state index >= 15 is 0 Å². The SMILES string of the molecule is Cc1ccc(F)cc1CSc1ccc(O)cc1. The number of hydrogen-bond acceptors (Lipinski definition) is 2. The van der Waals surface area contributed by atoms with Crippen molar-refractivity contribution in [3.8, 4) is 5.75 Å². The predicted molar refractivity (Wildman–Crippen MR) is 68.8 cm³/mol. The minimum Gasteiger partial charge on any atom is -0.508 e. The molecule has 3 heteroatoms. The Balaban J connectivity index is 2.07. The third-order valence-electron chi connectivity index (χ3n) is 2.54. The van der Waals surface area contributed by atoms with Crippen molar-refractivity contribution < 1.29 is 9.50 Å². The van der Waals surface area contributed by atoms with Gasteiger partial charge in [0, 0.05) is 10.6 Å². The number of benzene rings is 2. The molecule has 0 saturated heterocycles. The van der Waals surface area contributed by atoms with Crippen LogP contribution >= 0.6 is 11.8 Å². The second-order valence-corrected chi connectivity index (χ2v) is 4.90. The molecule has 0 atom stereocenters. The fourth-order valence-electron chi connectivity index (χ4n) is 1.50. The summed E-state index contributed by atoms with van der Waals surface area (Å²) in [4.78, 5) is 1.06. The van der Waals surface area contributed by atoms with Crippen LogP contribution in [0.5, 0.6) is 5.75 Å². The molecule has 0 unspecified atom stereocenters. The first-order valence-corrected chi connectivity index (χ1v) is 6.30. The summed E-state index contributed by atoms with van der Waals surface area (Å²) in [5, 5.41) is 9.16. The Bertz CT molecular complexity index is 508. The molecule has 1 nitrogen and oxygen atoms in total. The molecule has 2 aromatic carbocycles. The van der Waals surface area contributed by atoms with Gasteiger partial charge in [-0.05, 0) is 54.4 Å². The fourth-order valence-corrected chi connectivity index (χ4v) is 2.46. The standard InChI is InChI=1S/C14H13FOS/c1-10-2-3-12(15)8-11(10)9-17-14-6-4-13(16)5-7-14/h2-8,16H,9H2,1H3. The molecule has 2 aromatic rings. The number of halogens is 1. The summed E-state index contributed by atoms with van der Waals surface area (Å²) in [7, 11) is 0. The predicted octanol–water partition coefficient (Wildman–Crippen LogP) is 4.13. The Morgan fingerprint density at radius 1 is 1.12 bits per heavy atom. The lowest BCUT2D eigenvalue weighted by Gasteiger charge is -2.06. The van der Waals surface area contributed by atoms with Gasteiger partial charge in [-0.15, -0.1) is 11.8 Å². The minimum atomic E-state index is -0.197. The van der Waals surface area contributed by atoms with Crippen LogP contribution in [0.2, 0.25) is 0 Å². The molecule has 0 amide bonds. The van der Waals surface area contributed by atoms with E-state index in [1.54, 1.807) is 36.0 Å². The number of phenols is 1. The lowest BCUT2D eigenvalue weighted by molar-refractivity contribution is 0.475. The largest absolute Gasteiger partial charge is 0.508 e. The van der Waals surface area contributed by atoms with Gasteiger partial charge in [-0.2, -0.15) is 0 Å². The second-order valence-electron chi connectivity index (χ2n) is 3.85. The first kappa shape index (κ1) is 12.0. The maximum absolute atomic E-state index is 13.1. The van der Waals surface area contributed by atoms with Gasteiger partial charge in [-0.1, -0.05) is 6.07 Å². The lowest BCUT2D eigenvalue weighted by atomic mass is 10.1. The molecule has 0 radical (unpaired) electrons. The van der Waals surface area contributed by atoms with Crippen molar-refractivity contribution in [1.82, 2.24) is 0 Å². The van der Waals surface area contributed by atoms with Crippen LogP contribution in [-0.4, -0.2) is 5.11 Å². The third kappa shape index (κ3) is 3.24. The number of hydrogen-bond donors (Lipinski definition) is 1. The Hall–Kier alpha value is -1.48. The van der Waals surface area contributed by atoms with E-state index in [1.165, 1.54) is 6.07 Å². The smallest absolute Gasteiger partial charge is 0.123 e. The van der Waals surface area contributed by atoms with Gasteiger partial charge < -0.3 is 5.11 Å². The van der Waals surface area contributed by atoms with E-state index in [2.05, 4.69) is 0 Å². The Morgan fingerprint density at radius 2 is 1.82 bits per heavy atom. The maximum atomic E-state index is 13.1. The number of aryl methyl sites for hydroxylation is 1. The number of thioether (sulfide) groups is 1. The number of phenolic OH excluding ortho intramolecular Hbond substituents is 1. The molecule has 0 aliphatic heterocycles. The van der Waals surface area contributed by atoms with Gasteiger partial charge in [0.25, 0.3) is 0 Å². The van der Waals surface area contributed by atoms with Gasteiger partial charge in [0.15, 0.2) is 0 Å². The van der Waals surface area contributed by atoms with Gasteiger partial charge in [-0.25, -0.2) is 4.39 Å². The summed E-state index contributed by atoms with van der Waals surface area (Å²) in [6.45, 7) is 1.98. The van der Waals surface area contributed by atoms with Gasteiger partial charge >= 0.3 is 0 Å². The van der Waals surface area contributed by atoms with Gasteiger partial charge in [0.1, 0.15) is 11.6 Å². The molecule has 0 aliphatic carbocycles. The Morgan fingerprint density at radius 3 is 2.53 bits per heavy atom. The molecule has 2 rings (SSSR count).